The van der Waals surface area contributed by atoms with Crippen LogP contribution in [0.2, 0.25) is 0 Å². The molecule has 2 rings (SSSR count). The topological polar surface area (TPSA) is 16.1 Å². The van der Waals surface area contributed by atoms with Gasteiger partial charge in [0.25, 0.3) is 0 Å². The Hall–Kier alpha value is -1.12. The predicted octanol–water partition coefficient (Wildman–Crippen LogP) is 2.90. The molecule has 0 aliphatic carbocycles. The van der Waals surface area contributed by atoms with Gasteiger partial charge in [-0.05, 0) is 30.4 Å². The molecule has 1 aromatic heterocycles. The summed E-state index contributed by atoms with van der Waals surface area (Å²) in [7, 11) is 0. The van der Waals surface area contributed by atoms with Gasteiger partial charge in [0.05, 0.1) is 11.9 Å². The minimum absolute atomic E-state index is 0.448. The van der Waals surface area contributed by atoms with Gasteiger partial charge in [-0.15, -0.1) is 0 Å². The molecular weight excluding hydrogens is 203 g/mol. The van der Waals surface area contributed by atoms with Crippen LogP contribution in [-0.4, -0.2) is 24.2 Å². The lowest BCUT2D eigenvalue weighted by atomic mass is 9.87. The number of halogens is 1. The molecule has 16 heavy (non-hydrogen) atoms. The van der Waals surface area contributed by atoms with E-state index in [9.17, 15) is 4.39 Å². The smallest absolute Gasteiger partial charge is 0.118 e. The third kappa shape index (κ3) is 2.52. The molecule has 1 aromatic rings. The van der Waals surface area contributed by atoms with Crippen LogP contribution in [0.3, 0.4) is 0 Å². The molecule has 2 atom stereocenters. The molecule has 0 radical (unpaired) electrons. The van der Waals surface area contributed by atoms with Gasteiger partial charge in [0.1, 0.15) is 6.17 Å². The van der Waals surface area contributed by atoms with E-state index in [1.165, 1.54) is 0 Å². The number of hydrogen-bond acceptors (Lipinski definition) is 2. The number of alkyl halides is 1. The fourth-order valence-electron chi connectivity index (χ4n) is 2.31. The number of aromatic nitrogens is 1. The van der Waals surface area contributed by atoms with Gasteiger partial charge < -0.3 is 4.90 Å². The summed E-state index contributed by atoms with van der Waals surface area (Å²) in [6.45, 7) is 5.80. The normalized spacial score (nSPS) is 26.1. The van der Waals surface area contributed by atoms with Crippen LogP contribution >= 0.6 is 0 Å². The van der Waals surface area contributed by atoms with E-state index >= 15 is 0 Å². The highest BCUT2D eigenvalue weighted by Gasteiger charge is 2.28. The van der Waals surface area contributed by atoms with Crippen LogP contribution in [0.1, 0.15) is 20.3 Å². The highest BCUT2D eigenvalue weighted by molar-refractivity contribution is 5.44. The first-order chi connectivity index (χ1) is 7.66. The van der Waals surface area contributed by atoms with E-state index in [2.05, 4.69) is 23.7 Å². The molecule has 1 fully saturated rings. The zero-order valence-corrected chi connectivity index (χ0v) is 9.94. The number of hydrogen-bond donors (Lipinski definition) is 0. The molecule has 0 saturated carbocycles. The highest BCUT2D eigenvalue weighted by Crippen LogP contribution is 2.28. The van der Waals surface area contributed by atoms with Crippen LogP contribution in [-0.2, 0) is 0 Å². The van der Waals surface area contributed by atoms with Crippen molar-refractivity contribution in [3.63, 3.8) is 0 Å². The van der Waals surface area contributed by atoms with Gasteiger partial charge in [-0.25, -0.2) is 4.39 Å². The zero-order chi connectivity index (χ0) is 11.5. The van der Waals surface area contributed by atoms with Crippen molar-refractivity contribution in [2.45, 2.75) is 26.4 Å². The molecule has 1 saturated heterocycles. The van der Waals surface area contributed by atoms with Crippen molar-refractivity contribution >= 4 is 5.69 Å². The second-order valence-corrected chi connectivity index (χ2v) is 4.95. The Balaban J connectivity index is 2.11. The van der Waals surface area contributed by atoms with Gasteiger partial charge in [0.15, 0.2) is 0 Å². The van der Waals surface area contributed by atoms with Gasteiger partial charge in [-0.1, -0.05) is 13.8 Å². The minimum Gasteiger partial charge on any atom is -0.367 e. The highest BCUT2D eigenvalue weighted by atomic mass is 19.1. The maximum atomic E-state index is 13.7. The lowest BCUT2D eigenvalue weighted by Gasteiger charge is -2.37. The molecule has 2 heterocycles. The Labute approximate surface area is 96.5 Å². The van der Waals surface area contributed by atoms with Crippen molar-refractivity contribution in [3.05, 3.63) is 24.5 Å². The summed E-state index contributed by atoms with van der Waals surface area (Å²) in [5, 5.41) is 0. The Kier molecular flexibility index (Phi) is 3.42. The van der Waals surface area contributed by atoms with E-state index in [4.69, 9.17) is 0 Å². The average molecular weight is 222 g/mol. The van der Waals surface area contributed by atoms with Crippen LogP contribution in [0.15, 0.2) is 24.5 Å². The Morgan fingerprint density at radius 2 is 2.25 bits per heavy atom. The fraction of sp³-hybridized carbons (Fsp3) is 0.615. The van der Waals surface area contributed by atoms with Crippen molar-refractivity contribution in [1.29, 1.82) is 0 Å². The standard InChI is InChI=1S/C13H19FN2/c1-10(2)11-6-12(14)9-16(8-11)13-4-3-5-15-7-13/h3-5,7,10-12H,6,8-9H2,1-2H3. The van der Waals surface area contributed by atoms with E-state index in [1.807, 2.05) is 18.3 Å². The maximum absolute atomic E-state index is 13.7. The maximum Gasteiger partial charge on any atom is 0.118 e. The quantitative estimate of drug-likeness (QED) is 0.765. The number of nitrogens with zero attached hydrogens (tertiary/aromatic N) is 2. The molecule has 0 bridgehead atoms. The summed E-state index contributed by atoms with van der Waals surface area (Å²) in [6, 6.07) is 3.91. The van der Waals surface area contributed by atoms with Gasteiger partial charge in [0.2, 0.25) is 0 Å². The lowest BCUT2D eigenvalue weighted by Crippen LogP contribution is -2.43. The third-order valence-electron chi connectivity index (χ3n) is 3.39. The van der Waals surface area contributed by atoms with E-state index < -0.39 is 6.17 Å². The fourth-order valence-corrected chi connectivity index (χ4v) is 2.31. The van der Waals surface area contributed by atoms with Crippen LogP contribution in [0, 0.1) is 11.8 Å². The van der Waals surface area contributed by atoms with E-state index in [1.54, 1.807) is 6.20 Å². The molecule has 3 heteroatoms. The Bertz CT molecular complexity index is 326. The Morgan fingerprint density at radius 3 is 2.88 bits per heavy atom. The first kappa shape index (κ1) is 11.4. The molecule has 0 amide bonds. The summed E-state index contributed by atoms with van der Waals surface area (Å²) < 4.78 is 13.7. The van der Waals surface area contributed by atoms with Crippen molar-refractivity contribution in [2.75, 3.05) is 18.0 Å². The number of anilines is 1. The van der Waals surface area contributed by atoms with Gasteiger partial charge in [-0.3, -0.25) is 4.98 Å². The molecular formula is C13H19FN2. The van der Waals surface area contributed by atoms with Crippen LogP contribution < -0.4 is 4.90 Å². The second kappa shape index (κ2) is 4.81. The van der Waals surface area contributed by atoms with Crippen LogP contribution in [0.5, 0.6) is 0 Å². The summed E-state index contributed by atoms with van der Waals surface area (Å²) >= 11 is 0. The molecule has 0 aromatic carbocycles. The first-order valence-corrected chi connectivity index (χ1v) is 5.96. The van der Waals surface area contributed by atoms with Crippen molar-refractivity contribution in [1.82, 2.24) is 4.98 Å². The lowest BCUT2D eigenvalue weighted by molar-refractivity contribution is 0.203. The van der Waals surface area contributed by atoms with Crippen molar-refractivity contribution in [3.8, 4) is 0 Å². The van der Waals surface area contributed by atoms with E-state index in [0.29, 0.717) is 24.8 Å². The number of rotatable bonds is 2. The van der Waals surface area contributed by atoms with E-state index in [-0.39, 0.29) is 0 Å². The van der Waals surface area contributed by atoms with Gasteiger partial charge in [-0.2, -0.15) is 0 Å². The van der Waals surface area contributed by atoms with Gasteiger partial charge >= 0.3 is 0 Å². The summed E-state index contributed by atoms with van der Waals surface area (Å²) in [4.78, 5) is 6.21. The predicted molar refractivity (Wildman–Crippen MR) is 64.3 cm³/mol. The molecule has 1 aliphatic heterocycles. The molecule has 0 spiro atoms. The SMILES string of the molecule is CC(C)C1CC(F)CN(c2cccnc2)C1. The minimum atomic E-state index is -0.707. The largest absolute Gasteiger partial charge is 0.367 e. The number of pyridine rings is 1. The second-order valence-electron chi connectivity index (χ2n) is 4.95. The zero-order valence-electron chi connectivity index (χ0n) is 9.94. The monoisotopic (exact) mass is 222 g/mol. The summed E-state index contributed by atoms with van der Waals surface area (Å²) in [6.07, 6.45) is 3.56. The van der Waals surface area contributed by atoms with E-state index in [0.717, 1.165) is 12.2 Å². The molecule has 2 nitrogen and oxygen atoms in total. The molecule has 88 valence electrons. The number of piperidine rings is 1. The summed E-state index contributed by atoms with van der Waals surface area (Å²) in [5.41, 5.74) is 1.04. The third-order valence-corrected chi connectivity index (χ3v) is 3.39. The average Bonchev–Trinajstić information content (AvgIpc) is 2.29. The van der Waals surface area contributed by atoms with Crippen LogP contribution in [0.25, 0.3) is 0 Å². The summed E-state index contributed by atoms with van der Waals surface area (Å²) in [5.74, 6) is 0.988. The van der Waals surface area contributed by atoms with Crippen molar-refractivity contribution < 1.29 is 4.39 Å². The van der Waals surface area contributed by atoms with Crippen LogP contribution in [0.4, 0.5) is 10.1 Å². The van der Waals surface area contributed by atoms with Gasteiger partial charge in [0, 0.05) is 19.3 Å². The molecule has 0 N–H and O–H groups in total. The Morgan fingerprint density at radius 1 is 1.44 bits per heavy atom. The first-order valence-electron chi connectivity index (χ1n) is 5.96. The molecule has 2 unspecified atom stereocenters. The van der Waals surface area contributed by atoms with Crippen molar-refractivity contribution in [2.24, 2.45) is 11.8 Å². The molecule has 1 aliphatic rings.